The van der Waals surface area contributed by atoms with Crippen molar-refractivity contribution in [1.82, 2.24) is 9.80 Å². The molecule has 1 aromatic carbocycles. The van der Waals surface area contributed by atoms with Gasteiger partial charge in [0, 0.05) is 38.3 Å². The Labute approximate surface area is 158 Å². The van der Waals surface area contributed by atoms with Crippen molar-refractivity contribution in [2.24, 2.45) is 11.3 Å². The smallest absolute Gasteiger partial charge is 0.123 e. The van der Waals surface area contributed by atoms with Gasteiger partial charge in [0.25, 0.3) is 0 Å². The van der Waals surface area contributed by atoms with Crippen LogP contribution < -0.4 is 4.74 Å². The number of fused-ring (bicyclic) bond motifs is 1. The summed E-state index contributed by atoms with van der Waals surface area (Å²) in [4.78, 5) is 5.14. The molecule has 1 saturated carbocycles. The molecule has 2 unspecified atom stereocenters. The summed E-state index contributed by atoms with van der Waals surface area (Å²) >= 11 is 0. The predicted molar refractivity (Wildman–Crippen MR) is 105 cm³/mol. The molecule has 0 amide bonds. The van der Waals surface area contributed by atoms with Gasteiger partial charge in [-0.15, -0.1) is 0 Å². The van der Waals surface area contributed by atoms with Crippen LogP contribution >= 0.6 is 0 Å². The third-order valence-electron chi connectivity index (χ3n) is 6.68. The molecule has 2 atom stereocenters. The van der Waals surface area contributed by atoms with E-state index < -0.39 is 0 Å². The highest BCUT2D eigenvalue weighted by Gasteiger charge is 2.57. The molecular weight excluding hydrogens is 324 g/mol. The summed E-state index contributed by atoms with van der Waals surface area (Å²) in [6.07, 6.45) is 5.13. The Morgan fingerprint density at radius 1 is 1.15 bits per heavy atom. The van der Waals surface area contributed by atoms with Crippen LogP contribution in [0.3, 0.4) is 0 Å². The number of hydrogen-bond acceptors (Lipinski definition) is 4. The van der Waals surface area contributed by atoms with Gasteiger partial charge in [-0.05, 0) is 49.6 Å². The Bertz CT molecular complexity index is 583. The van der Waals surface area contributed by atoms with Crippen LogP contribution in [0.2, 0.25) is 0 Å². The quantitative estimate of drug-likeness (QED) is 0.632. The standard InChI is InChI=1S/C22H34N2O2/c1-2-22-15-20(22)17-24(18-22)16-19-7-3-4-8-21(19)26-12-6-5-9-23-10-13-25-14-11-23/h3-4,7-8,20H,2,5-6,9-18H2,1H3. The SMILES string of the molecule is CCC12CC1CN(Cc1ccccc1OCCCCN1CCOCC1)C2. The average Bonchev–Trinajstić information content (AvgIpc) is 3.25. The number of piperidine rings is 1. The first-order chi connectivity index (χ1) is 12.8. The second-order valence-electron chi connectivity index (χ2n) is 8.40. The molecule has 1 aliphatic carbocycles. The van der Waals surface area contributed by atoms with Crippen molar-refractivity contribution >= 4 is 0 Å². The molecule has 2 aliphatic heterocycles. The lowest BCUT2D eigenvalue weighted by Crippen LogP contribution is -2.36. The molecule has 0 bridgehead atoms. The Balaban J connectivity index is 1.20. The summed E-state index contributed by atoms with van der Waals surface area (Å²) in [5.41, 5.74) is 2.02. The Kier molecular flexibility index (Phi) is 5.82. The van der Waals surface area contributed by atoms with Crippen LogP contribution in [0.25, 0.3) is 0 Å². The summed E-state index contributed by atoms with van der Waals surface area (Å²) < 4.78 is 11.6. The zero-order valence-corrected chi connectivity index (χ0v) is 16.3. The molecule has 2 heterocycles. The van der Waals surface area contributed by atoms with Crippen molar-refractivity contribution in [1.29, 1.82) is 0 Å². The van der Waals surface area contributed by atoms with Crippen molar-refractivity contribution in [3.05, 3.63) is 29.8 Å². The van der Waals surface area contributed by atoms with Crippen LogP contribution in [-0.4, -0.2) is 62.3 Å². The van der Waals surface area contributed by atoms with E-state index in [9.17, 15) is 0 Å². The molecular formula is C22H34N2O2. The molecule has 3 fully saturated rings. The minimum absolute atomic E-state index is 0.662. The average molecular weight is 359 g/mol. The number of morpholine rings is 1. The molecule has 0 radical (unpaired) electrons. The summed E-state index contributed by atoms with van der Waals surface area (Å²) in [7, 11) is 0. The maximum Gasteiger partial charge on any atom is 0.123 e. The molecule has 4 nitrogen and oxygen atoms in total. The number of likely N-dealkylation sites (tertiary alicyclic amines) is 1. The second-order valence-corrected chi connectivity index (χ2v) is 8.40. The molecule has 4 heteroatoms. The maximum atomic E-state index is 6.16. The van der Waals surface area contributed by atoms with Gasteiger partial charge >= 0.3 is 0 Å². The normalized spacial score (nSPS) is 28.9. The molecule has 2 saturated heterocycles. The van der Waals surface area contributed by atoms with E-state index in [4.69, 9.17) is 9.47 Å². The third-order valence-corrected chi connectivity index (χ3v) is 6.68. The van der Waals surface area contributed by atoms with E-state index in [1.54, 1.807) is 0 Å². The lowest BCUT2D eigenvalue weighted by Gasteiger charge is -2.26. The number of ether oxygens (including phenoxy) is 2. The summed E-state index contributed by atoms with van der Waals surface area (Å²) in [6.45, 7) is 11.9. The molecule has 0 aromatic heterocycles. The Morgan fingerprint density at radius 3 is 2.81 bits per heavy atom. The lowest BCUT2D eigenvalue weighted by molar-refractivity contribution is 0.0368. The number of benzene rings is 1. The van der Waals surface area contributed by atoms with Crippen LogP contribution in [0.15, 0.2) is 24.3 Å². The van der Waals surface area contributed by atoms with E-state index in [1.807, 2.05) is 0 Å². The third kappa shape index (κ3) is 4.24. The van der Waals surface area contributed by atoms with Crippen LogP contribution in [-0.2, 0) is 11.3 Å². The maximum absolute atomic E-state index is 6.16. The molecule has 26 heavy (non-hydrogen) atoms. The van der Waals surface area contributed by atoms with Crippen LogP contribution in [0.1, 0.15) is 38.2 Å². The van der Waals surface area contributed by atoms with Crippen molar-refractivity contribution < 1.29 is 9.47 Å². The van der Waals surface area contributed by atoms with E-state index >= 15 is 0 Å². The van der Waals surface area contributed by atoms with Gasteiger partial charge in [0.05, 0.1) is 19.8 Å². The highest BCUT2D eigenvalue weighted by atomic mass is 16.5. The van der Waals surface area contributed by atoms with Gasteiger partial charge in [-0.2, -0.15) is 0 Å². The largest absolute Gasteiger partial charge is 0.493 e. The van der Waals surface area contributed by atoms with Crippen molar-refractivity contribution in [3.8, 4) is 5.75 Å². The fraction of sp³-hybridized carbons (Fsp3) is 0.727. The highest BCUT2D eigenvalue weighted by Crippen LogP contribution is 2.60. The van der Waals surface area contributed by atoms with Gasteiger partial charge in [-0.3, -0.25) is 9.80 Å². The topological polar surface area (TPSA) is 24.9 Å². The fourth-order valence-corrected chi connectivity index (χ4v) is 4.83. The molecule has 0 spiro atoms. The fourth-order valence-electron chi connectivity index (χ4n) is 4.83. The molecule has 144 valence electrons. The number of unbranched alkanes of at least 4 members (excludes halogenated alkanes) is 1. The number of nitrogens with zero attached hydrogens (tertiary/aromatic N) is 2. The van der Waals surface area contributed by atoms with E-state index in [1.165, 1.54) is 44.5 Å². The van der Waals surface area contributed by atoms with Gasteiger partial charge < -0.3 is 9.47 Å². The predicted octanol–water partition coefficient (Wildman–Crippen LogP) is 3.41. The van der Waals surface area contributed by atoms with Crippen molar-refractivity contribution in [2.75, 3.05) is 52.5 Å². The van der Waals surface area contributed by atoms with Crippen molar-refractivity contribution in [3.63, 3.8) is 0 Å². The Morgan fingerprint density at radius 2 is 2.00 bits per heavy atom. The van der Waals surface area contributed by atoms with Gasteiger partial charge in [-0.1, -0.05) is 25.1 Å². The zero-order chi connectivity index (χ0) is 17.8. The van der Waals surface area contributed by atoms with E-state index in [0.717, 1.165) is 57.5 Å². The van der Waals surface area contributed by atoms with Crippen LogP contribution in [0.5, 0.6) is 5.75 Å². The summed E-state index contributed by atoms with van der Waals surface area (Å²) in [6, 6.07) is 8.63. The summed E-state index contributed by atoms with van der Waals surface area (Å²) in [5, 5.41) is 0. The molecule has 1 aromatic rings. The first kappa shape index (κ1) is 18.3. The lowest BCUT2D eigenvalue weighted by atomic mass is 10.0. The van der Waals surface area contributed by atoms with E-state index in [2.05, 4.69) is 41.0 Å². The Hall–Kier alpha value is -1.10. The van der Waals surface area contributed by atoms with Crippen molar-refractivity contribution in [2.45, 2.75) is 39.2 Å². The first-order valence-electron chi connectivity index (χ1n) is 10.5. The number of rotatable bonds is 9. The number of para-hydroxylation sites is 1. The first-order valence-corrected chi connectivity index (χ1v) is 10.5. The van der Waals surface area contributed by atoms with Gasteiger partial charge in [0.15, 0.2) is 0 Å². The van der Waals surface area contributed by atoms with Gasteiger partial charge in [0.2, 0.25) is 0 Å². The highest BCUT2D eigenvalue weighted by molar-refractivity contribution is 5.33. The monoisotopic (exact) mass is 358 g/mol. The molecule has 4 rings (SSSR count). The van der Waals surface area contributed by atoms with Gasteiger partial charge in [-0.25, -0.2) is 0 Å². The molecule has 0 N–H and O–H groups in total. The minimum atomic E-state index is 0.662. The second kappa shape index (κ2) is 8.28. The van der Waals surface area contributed by atoms with Gasteiger partial charge in [0.1, 0.15) is 5.75 Å². The minimum Gasteiger partial charge on any atom is -0.493 e. The van der Waals surface area contributed by atoms with E-state index in [-0.39, 0.29) is 0 Å². The number of hydrogen-bond donors (Lipinski definition) is 0. The van der Waals surface area contributed by atoms with Crippen LogP contribution in [0.4, 0.5) is 0 Å². The van der Waals surface area contributed by atoms with E-state index in [0.29, 0.717) is 5.41 Å². The zero-order valence-electron chi connectivity index (χ0n) is 16.3. The summed E-state index contributed by atoms with van der Waals surface area (Å²) in [5.74, 6) is 2.05. The van der Waals surface area contributed by atoms with Crippen LogP contribution in [0, 0.1) is 11.3 Å². The molecule has 3 aliphatic rings.